The number of hydrogen-bond acceptors (Lipinski definition) is 5. The van der Waals surface area contributed by atoms with Gasteiger partial charge in [0.2, 0.25) is 0 Å². The van der Waals surface area contributed by atoms with Gasteiger partial charge in [-0.25, -0.2) is 0 Å². The smallest absolute Gasteiger partial charge is 0.307 e. The highest BCUT2D eigenvalue weighted by Gasteiger charge is 2.19. The van der Waals surface area contributed by atoms with E-state index in [0.29, 0.717) is 35.2 Å². The van der Waals surface area contributed by atoms with Crippen molar-refractivity contribution in [3.8, 4) is 33.8 Å². The maximum Gasteiger partial charge on any atom is 0.307 e. The molecule has 5 aromatic rings. The largest absolute Gasteiger partial charge is 0.496 e. The Morgan fingerprint density at radius 3 is 2.42 bits per heavy atom. The average Bonchev–Trinajstić information content (AvgIpc) is 3.02. The third-order valence-electron chi connectivity index (χ3n) is 7.23. The molecule has 0 saturated carbocycles. The topological polar surface area (TPSA) is 89.0 Å². The van der Waals surface area contributed by atoms with Gasteiger partial charge in [-0.05, 0) is 89.3 Å². The predicted molar refractivity (Wildman–Crippen MR) is 169 cm³/mol. The highest BCUT2D eigenvalue weighted by Crippen LogP contribution is 2.37. The minimum atomic E-state index is -0.917. The lowest BCUT2D eigenvalue weighted by Gasteiger charge is -2.24. The van der Waals surface area contributed by atoms with E-state index in [-0.39, 0.29) is 18.9 Å². The van der Waals surface area contributed by atoms with Crippen LogP contribution in [0.2, 0.25) is 5.02 Å². The number of benzene rings is 4. The van der Waals surface area contributed by atoms with E-state index in [9.17, 15) is 14.7 Å². The molecular weight excluding hydrogens is 564 g/mol. The summed E-state index contributed by atoms with van der Waals surface area (Å²) < 4.78 is 11.4. The van der Waals surface area contributed by atoms with E-state index in [1.54, 1.807) is 54.6 Å². The first-order valence-electron chi connectivity index (χ1n) is 13.9. The van der Waals surface area contributed by atoms with Crippen molar-refractivity contribution < 1.29 is 24.2 Å². The van der Waals surface area contributed by atoms with Crippen LogP contribution in [0.5, 0.6) is 11.5 Å². The molecule has 0 saturated heterocycles. The molecule has 4 aromatic carbocycles. The highest BCUT2D eigenvalue weighted by atomic mass is 35.5. The van der Waals surface area contributed by atoms with Crippen LogP contribution in [-0.2, 0) is 22.6 Å². The van der Waals surface area contributed by atoms with Crippen LogP contribution in [0.4, 0.5) is 0 Å². The molecule has 0 aliphatic rings. The van der Waals surface area contributed by atoms with Crippen molar-refractivity contribution in [2.75, 3.05) is 20.3 Å². The Labute approximate surface area is 255 Å². The van der Waals surface area contributed by atoms with E-state index in [0.717, 1.165) is 38.7 Å². The molecule has 0 aliphatic heterocycles. The van der Waals surface area contributed by atoms with E-state index in [1.165, 1.54) is 0 Å². The summed E-state index contributed by atoms with van der Waals surface area (Å²) in [6.45, 7) is 2.56. The van der Waals surface area contributed by atoms with Crippen LogP contribution < -0.4 is 9.47 Å². The molecule has 218 valence electrons. The Bertz CT molecular complexity index is 1770. The van der Waals surface area contributed by atoms with Gasteiger partial charge in [-0.2, -0.15) is 0 Å². The Kier molecular flexibility index (Phi) is 9.23. The summed E-state index contributed by atoms with van der Waals surface area (Å²) in [6.07, 6.45) is 1.66. The zero-order valence-electron chi connectivity index (χ0n) is 23.9. The lowest BCUT2D eigenvalue weighted by molar-refractivity contribution is -0.136. The third kappa shape index (κ3) is 7.13. The van der Waals surface area contributed by atoms with Gasteiger partial charge in [0.05, 0.1) is 19.0 Å². The first-order chi connectivity index (χ1) is 20.8. The molecule has 43 heavy (non-hydrogen) atoms. The van der Waals surface area contributed by atoms with Crippen molar-refractivity contribution in [1.29, 1.82) is 0 Å². The SMILES string of the molecule is CCN(Cc1cc(-c2ccc3cccnc3c2)ccc1-c1cc(CC(=O)O)ccc1OC)C(=O)COc1ccc(Cl)cc1. The maximum atomic E-state index is 13.3. The van der Waals surface area contributed by atoms with Gasteiger partial charge in [-0.3, -0.25) is 14.6 Å². The van der Waals surface area contributed by atoms with Crippen molar-refractivity contribution in [3.63, 3.8) is 0 Å². The number of carbonyl (C=O) groups excluding carboxylic acids is 1. The van der Waals surface area contributed by atoms with Gasteiger partial charge in [0.1, 0.15) is 11.5 Å². The van der Waals surface area contributed by atoms with Gasteiger partial charge >= 0.3 is 5.97 Å². The fourth-order valence-electron chi connectivity index (χ4n) is 5.01. The zero-order chi connectivity index (χ0) is 30.3. The minimum Gasteiger partial charge on any atom is -0.496 e. The number of hydrogen-bond donors (Lipinski definition) is 1. The van der Waals surface area contributed by atoms with Crippen LogP contribution in [0.15, 0.2) is 97.2 Å². The van der Waals surface area contributed by atoms with Crippen molar-refractivity contribution in [1.82, 2.24) is 9.88 Å². The number of likely N-dealkylation sites (N-methyl/N-ethyl adjacent to an activating group) is 1. The van der Waals surface area contributed by atoms with E-state index < -0.39 is 5.97 Å². The van der Waals surface area contributed by atoms with Gasteiger partial charge in [0.15, 0.2) is 6.61 Å². The monoisotopic (exact) mass is 594 g/mol. The third-order valence-corrected chi connectivity index (χ3v) is 7.48. The summed E-state index contributed by atoms with van der Waals surface area (Å²) >= 11 is 5.97. The number of methoxy groups -OCH3 is 1. The normalized spacial score (nSPS) is 10.9. The van der Waals surface area contributed by atoms with Gasteiger partial charge in [-0.15, -0.1) is 0 Å². The number of fused-ring (bicyclic) bond motifs is 1. The number of pyridine rings is 1. The quantitative estimate of drug-likeness (QED) is 0.173. The first kappa shape index (κ1) is 29.6. The number of nitrogens with zero attached hydrogens (tertiary/aromatic N) is 2. The zero-order valence-corrected chi connectivity index (χ0v) is 24.7. The van der Waals surface area contributed by atoms with Crippen LogP contribution in [0.25, 0.3) is 33.2 Å². The molecule has 0 aliphatic carbocycles. The van der Waals surface area contributed by atoms with Crippen molar-refractivity contribution >= 4 is 34.4 Å². The second-order valence-corrected chi connectivity index (χ2v) is 10.5. The second kappa shape index (κ2) is 13.4. The summed E-state index contributed by atoms with van der Waals surface area (Å²) in [5.74, 6) is 0.0789. The molecular formula is C35H31ClN2O5. The van der Waals surface area contributed by atoms with Crippen LogP contribution >= 0.6 is 11.6 Å². The van der Waals surface area contributed by atoms with Crippen molar-refractivity contribution in [3.05, 3.63) is 113 Å². The number of ether oxygens (including phenoxy) is 2. The highest BCUT2D eigenvalue weighted by molar-refractivity contribution is 6.30. The number of aliphatic carboxylic acids is 1. The van der Waals surface area contributed by atoms with E-state index in [4.69, 9.17) is 21.1 Å². The summed E-state index contributed by atoms with van der Waals surface area (Å²) in [4.78, 5) is 31.1. The number of amides is 1. The lowest BCUT2D eigenvalue weighted by Crippen LogP contribution is -2.34. The molecule has 1 N–H and O–H groups in total. The van der Waals surface area contributed by atoms with Crippen LogP contribution in [-0.4, -0.2) is 47.1 Å². The minimum absolute atomic E-state index is 0.115. The molecule has 0 fully saturated rings. The van der Waals surface area contributed by atoms with Gasteiger partial charge < -0.3 is 19.5 Å². The summed E-state index contributed by atoms with van der Waals surface area (Å²) in [5, 5.41) is 11.0. The molecule has 8 heteroatoms. The summed E-state index contributed by atoms with van der Waals surface area (Å²) in [7, 11) is 1.59. The van der Waals surface area contributed by atoms with Crippen LogP contribution in [0.3, 0.4) is 0 Å². The van der Waals surface area contributed by atoms with E-state index in [1.807, 2.05) is 49.4 Å². The lowest BCUT2D eigenvalue weighted by atomic mass is 9.92. The van der Waals surface area contributed by atoms with Crippen LogP contribution in [0.1, 0.15) is 18.1 Å². The van der Waals surface area contributed by atoms with Crippen LogP contribution in [0, 0.1) is 0 Å². The summed E-state index contributed by atoms with van der Waals surface area (Å²) in [6, 6.07) is 28.4. The fourth-order valence-corrected chi connectivity index (χ4v) is 5.14. The van der Waals surface area contributed by atoms with E-state index >= 15 is 0 Å². The molecule has 7 nitrogen and oxygen atoms in total. The predicted octanol–water partition coefficient (Wildman–Crippen LogP) is 7.29. The molecule has 1 heterocycles. The Hall–Kier alpha value is -4.88. The second-order valence-electron chi connectivity index (χ2n) is 10.0. The number of carbonyl (C=O) groups is 2. The van der Waals surface area contributed by atoms with Gasteiger partial charge in [0, 0.05) is 35.3 Å². The Morgan fingerprint density at radius 2 is 1.67 bits per heavy atom. The molecule has 1 aromatic heterocycles. The van der Waals surface area contributed by atoms with Crippen molar-refractivity contribution in [2.45, 2.75) is 19.9 Å². The first-order valence-corrected chi connectivity index (χ1v) is 14.3. The van der Waals surface area contributed by atoms with Gasteiger partial charge in [0.25, 0.3) is 5.91 Å². The molecule has 0 spiro atoms. The number of carboxylic acids is 1. The average molecular weight is 595 g/mol. The molecule has 0 atom stereocenters. The molecule has 0 radical (unpaired) electrons. The molecule has 1 amide bonds. The Balaban J connectivity index is 1.53. The van der Waals surface area contributed by atoms with E-state index in [2.05, 4.69) is 17.1 Å². The number of carboxylic acid groups (broad SMARTS) is 1. The van der Waals surface area contributed by atoms with Gasteiger partial charge in [-0.1, -0.05) is 48.0 Å². The fraction of sp³-hybridized carbons (Fsp3) is 0.171. The maximum absolute atomic E-state index is 13.3. The molecule has 0 bridgehead atoms. The summed E-state index contributed by atoms with van der Waals surface area (Å²) in [5.41, 5.74) is 5.97. The standard InChI is InChI=1S/C35H31ClN2O5/c1-3-38(34(39)22-43-29-12-10-28(36)11-13-29)21-27-19-25(26-8-7-24-5-4-16-37-32(24)20-26)9-14-30(27)31-17-23(18-35(40)41)6-15-33(31)42-2/h4-17,19-20H,3,18,21-22H2,1-2H3,(H,40,41). The number of rotatable bonds is 11. The Morgan fingerprint density at radius 1 is 0.907 bits per heavy atom. The molecule has 5 rings (SSSR count). The molecule has 0 unspecified atom stereocenters. The van der Waals surface area contributed by atoms with Crippen molar-refractivity contribution in [2.24, 2.45) is 0 Å². The number of aromatic nitrogens is 1. The number of halogens is 1.